The lowest BCUT2D eigenvalue weighted by Crippen LogP contribution is -3.00. The van der Waals surface area contributed by atoms with Crippen LogP contribution in [0.5, 0.6) is 5.75 Å². The van der Waals surface area contributed by atoms with Gasteiger partial charge in [0, 0.05) is 24.1 Å². The molecule has 0 atom stereocenters. The Hall–Kier alpha value is -0.000000000000000111. The van der Waals surface area contributed by atoms with Gasteiger partial charge in [-0.05, 0) is 32.3 Å². The molecule has 0 bridgehead atoms. The molecule has 0 aliphatic rings. The molecule has 6 heteroatoms. The molecule has 0 heterocycles. The summed E-state index contributed by atoms with van der Waals surface area (Å²) in [6, 6.07) is 5.61. The minimum atomic E-state index is 0. The van der Waals surface area contributed by atoms with Gasteiger partial charge in [0.2, 0.25) is 0 Å². The van der Waals surface area contributed by atoms with Gasteiger partial charge in [-0.15, -0.1) is 0 Å². The number of benzene rings is 1. The van der Waals surface area contributed by atoms with Crippen molar-refractivity contribution in [2.24, 2.45) is 0 Å². The highest BCUT2D eigenvalue weighted by Crippen LogP contribution is 2.27. The van der Waals surface area contributed by atoms with Crippen LogP contribution in [-0.4, -0.2) is 45.2 Å². The molecule has 18 heavy (non-hydrogen) atoms. The predicted octanol–water partition coefficient (Wildman–Crippen LogP) is -0.363. The van der Waals surface area contributed by atoms with Crippen LogP contribution in [0.25, 0.3) is 0 Å². The van der Waals surface area contributed by atoms with E-state index in [1.54, 1.807) is 0 Å². The molecule has 1 aromatic carbocycles. The van der Waals surface area contributed by atoms with Crippen LogP contribution in [0.1, 0.15) is 0 Å². The number of likely N-dealkylation sites (N-methyl/N-ethyl adjacent to an activating group) is 1. The molecule has 104 valence electrons. The van der Waals surface area contributed by atoms with Gasteiger partial charge >= 0.3 is 0 Å². The van der Waals surface area contributed by atoms with Crippen molar-refractivity contribution in [1.82, 2.24) is 10.2 Å². The van der Waals surface area contributed by atoms with Crippen LogP contribution in [0, 0.1) is 0 Å². The average molecular weight is 357 g/mol. The largest absolute Gasteiger partial charge is 1.00 e. The Kier molecular flexibility index (Phi) is 9.87. The molecule has 0 amide bonds. The Labute approximate surface area is 128 Å². The molecule has 1 rings (SSSR count). The highest BCUT2D eigenvalue weighted by Gasteiger charge is 2.01. The van der Waals surface area contributed by atoms with Crippen LogP contribution in [0.3, 0.4) is 0 Å². The molecule has 0 radical (unpaired) electrons. The lowest BCUT2D eigenvalue weighted by atomic mass is 10.3. The molecule has 1 N–H and O–H groups in total. The van der Waals surface area contributed by atoms with E-state index < -0.39 is 0 Å². The third-order valence-electron chi connectivity index (χ3n) is 2.17. The van der Waals surface area contributed by atoms with Gasteiger partial charge < -0.3 is 27.4 Å². The lowest BCUT2D eigenvalue weighted by Gasteiger charge is -2.11. The van der Waals surface area contributed by atoms with Gasteiger partial charge in [0.05, 0.1) is 5.02 Å². The molecule has 0 fully saturated rings. The highest BCUT2D eigenvalue weighted by atomic mass is 79.9. The van der Waals surface area contributed by atoms with E-state index in [9.17, 15) is 0 Å². The van der Waals surface area contributed by atoms with E-state index in [4.69, 9.17) is 16.3 Å². The molecule has 0 saturated carbocycles. The number of nitrogens with zero attached hydrogens (tertiary/aromatic N) is 1. The van der Waals surface area contributed by atoms with Crippen molar-refractivity contribution in [3.8, 4) is 5.75 Å². The summed E-state index contributed by atoms with van der Waals surface area (Å²) in [6.07, 6.45) is 0. The fourth-order valence-corrected chi connectivity index (χ4v) is 1.98. The van der Waals surface area contributed by atoms with E-state index in [2.05, 4.69) is 40.2 Å². The smallest absolute Gasteiger partial charge is 0.138 e. The Morgan fingerprint density at radius 1 is 1.33 bits per heavy atom. The van der Waals surface area contributed by atoms with Crippen molar-refractivity contribution in [1.29, 1.82) is 0 Å². The number of halogens is 3. The maximum Gasteiger partial charge on any atom is 0.138 e. The molecule has 0 aromatic heterocycles. The summed E-state index contributed by atoms with van der Waals surface area (Å²) in [5.41, 5.74) is 0. The van der Waals surface area contributed by atoms with Crippen molar-refractivity contribution in [2.45, 2.75) is 0 Å². The van der Waals surface area contributed by atoms with Crippen molar-refractivity contribution in [3.05, 3.63) is 27.7 Å². The van der Waals surface area contributed by atoms with E-state index >= 15 is 0 Å². The van der Waals surface area contributed by atoms with Gasteiger partial charge in [0.1, 0.15) is 12.4 Å². The quantitative estimate of drug-likeness (QED) is 0.675. The van der Waals surface area contributed by atoms with Crippen molar-refractivity contribution >= 4 is 27.5 Å². The van der Waals surface area contributed by atoms with Crippen LogP contribution < -0.4 is 22.5 Å². The first-order chi connectivity index (χ1) is 8.09. The third-order valence-corrected chi connectivity index (χ3v) is 2.95. The molecule has 1 aromatic rings. The molecule has 3 nitrogen and oxygen atoms in total. The summed E-state index contributed by atoms with van der Waals surface area (Å²) in [7, 11) is 4.11. The summed E-state index contributed by atoms with van der Waals surface area (Å²) < 4.78 is 6.53. The molecule has 0 saturated heterocycles. The van der Waals surface area contributed by atoms with Gasteiger partial charge in [0.15, 0.2) is 0 Å². The maximum absolute atomic E-state index is 6.03. The number of hydrogen-bond acceptors (Lipinski definition) is 3. The summed E-state index contributed by atoms with van der Waals surface area (Å²) >= 11 is 9.38. The fourth-order valence-electron chi connectivity index (χ4n) is 1.25. The minimum Gasteiger partial charge on any atom is -1.00 e. The molecular formula is C12H18BrCl2N2O-. The number of hydrogen-bond donors (Lipinski definition) is 1. The predicted molar refractivity (Wildman–Crippen MR) is 76.1 cm³/mol. The summed E-state index contributed by atoms with van der Waals surface area (Å²) in [6.45, 7) is 3.43. The van der Waals surface area contributed by atoms with E-state index in [0.717, 1.165) is 29.9 Å². The molecule has 0 aliphatic heterocycles. The van der Waals surface area contributed by atoms with Gasteiger partial charge in [-0.1, -0.05) is 27.5 Å². The van der Waals surface area contributed by atoms with Crippen molar-refractivity contribution in [2.75, 3.05) is 40.3 Å². The van der Waals surface area contributed by atoms with Gasteiger partial charge in [-0.25, -0.2) is 0 Å². The van der Waals surface area contributed by atoms with Gasteiger partial charge in [0.25, 0.3) is 0 Å². The summed E-state index contributed by atoms with van der Waals surface area (Å²) in [5.74, 6) is 0.726. The minimum absolute atomic E-state index is 0. The maximum atomic E-state index is 6.03. The Bertz CT molecular complexity index is 351. The zero-order valence-electron chi connectivity index (χ0n) is 10.5. The average Bonchev–Trinajstić information content (AvgIpc) is 2.25. The van der Waals surface area contributed by atoms with E-state index in [1.807, 2.05) is 18.2 Å². The number of rotatable bonds is 7. The third kappa shape index (κ3) is 7.44. The fraction of sp³-hybridized carbons (Fsp3) is 0.500. The second kappa shape index (κ2) is 9.87. The Morgan fingerprint density at radius 2 is 2.06 bits per heavy atom. The van der Waals surface area contributed by atoms with E-state index in [-0.39, 0.29) is 12.4 Å². The van der Waals surface area contributed by atoms with Gasteiger partial charge in [-0.2, -0.15) is 0 Å². The first kappa shape index (κ1) is 18.0. The zero-order valence-corrected chi connectivity index (χ0v) is 13.6. The molecule has 0 spiro atoms. The number of nitrogens with one attached hydrogen (secondary N) is 1. The van der Waals surface area contributed by atoms with Crippen LogP contribution in [-0.2, 0) is 0 Å². The van der Waals surface area contributed by atoms with Crippen LogP contribution in [0.15, 0.2) is 22.7 Å². The second-order valence-corrected chi connectivity index (χ2v) is 5.30. The normalized spacial score (nSPS) is 10.3. The SMILES string of the molecule is CN(C)CCNCCOc1ccc(Br)cc1Cl.[Cl-]. The highest BCUT2D eigenvalue weighted by molar-refractivity contribution is 9.10. The van der Waals surface area contributed by atoms with Crippen LogP contribution in [0.4, 0.5) is 0 Å². The van der Waals surface area contributed by atoms with Crippen LogP contribution >= 0.6 is 27.5 Å². The number of ether oxygens (including phenoxy) is 1. The molecular weight excluding hydrogens is 339 g/mol. The Morgan fingerprint density at radius 3 is 2.67 bits per heavy atom. The zero-order chi connectivity index (χ0) is 12.7. The van der Waals surface area contributed by atoms with Crippen molar-refractivity contribution in [3.63, 3.8) is 0 Å². The van der Waals surface area contributed by atoms with Crippen molar-refractivity contribution < 1.29 is 17.1 Å². The summed E-state index contributed by atoms with van der Waals surface area (Å²) in [4.78, 5) is 2.14. The summed E-state index contributed by atoms with van der Waals surface area (Å²) in [5, 5.41) is 3.93. The lowest BCUT2D eigenvalue weighted by molar-refractivity contribution is -0.00000386. The van der Waals surface area contributed by atoms with Crippen LogP contribution in [0.2, 0.25) is 5.02 Å². The van der Waals surface area contributed by atoms with E-state index in [0.29, 0.717) is 11.6 Å². The molecule has 0 aliphatic carbocycles. The Balaban J connectivity index is 0.00000289. The van der Waals surface area contributed by atoms with Gasteiger partial charge in [-0.3, -0.25) is 0 Å². The standard InChI is InChI=1S/C12H18BrClN2O.ClH/c1-16(2)7-5-15-6-8-17-12-4-3-10(13)9-11(12)14;/h3-4,9,15H,5-8H2,1-2H3;1H/p-1. The topological polar surface area (TPSA) is 24.5 Å². The first-order valence-corrected chi connectivity index (χ1v) is 6.70. The second-order valence-electron chi connectivity index (χ2n) is 3.98. The monoisotopic (exact) mass is 355 g/mol. The van der Waals surface area contributed by atoms with E-state index in [1.165, 1.54) is 0 Å². The molecule has 0 unspecified atom stereocenters. The first-order valence-electron chi connectivity index (χ1n) is 5.53.